The highest BCUT2D eigenvalue weighted by molar-refractivity contribution is 6.35. The third kappa shape index (κ3) is 7.80. The van der Waals surface area contributed by atoms with E-state index in [1.54, 1.807) is 31.4 Å². The molecule has 4 N–H and O–H groups in total. The average molecular weight is 615 g/mol. The number of H-pyrrole nitrogens is 1. The lowest BCUT2D eigenvalue weighted by molar-refractivity contribution is -0.115. The summed E-state index contributed by atoms with van der Waals surface area (Å²) >= 11 is 12.0. The second-order valence-corrected chi connectivity index (χ2v) is 11.1. The summed E-state index contributed by atoms with van der Waals surface area (Å²) in [7, 11) is 1.60. The Morgan fingerprint density at radius 2 is 1.88 bits per heavy atom. The summed E-state index contributed by atoms with van der Waals surface area (Å²) in [5.74, 6) is 2.40. The molecular formula is C29H33Cl2N7O4. The number of likely N-dealkylation sites (tertiary alicyclic amines) is 1. The van der Waals surface area contributed by atoms with Gasteiger partial charge >= 0.3 is 0 Å². The molecule has 1 aliphatic rings. The molecule has 5 rings (SSSR count). The molecular weight excluding hydrogens is 581 g/mol. The van der Waals surface area contributed by atoms with Gasteiger partial charge in [-0.2, -0.15) is 5.10 Å². The summed E-state index contributed by atoms with van der Waals surface area (Å²) < 4.78 is 11.7. The summed E-state index contributed by atoms with van der Waals surface area (Å²) in [4.78, 5) is 23.8. The number of nitrogens with zero attached hydrogens (tertiary/aromatic N) is 4. The molecule has 0 radical (unpaired) electrons. The number of aliphatic hydroxyl groups excluding tert-OH is 1. The van der Waals surface area contributed by atoms with Gasteiger partial charge in [-0.05, 0) is 62.5 Å². The fraction of sp³-hybridized carbons (Fsp3) is 0.379. The first kappa shape index (κ1) is 29.8. The number of methoxy groups -OCH3 is 1. The number of fused-ring (bicyclic) bond motifs is 1. The number of rotatable bonds is 12. The van der Waals surface area contributed by atoms with Crippen molar-refractivity contribution in [3.8, 4) is 11.5 Å². The third-order valence-electron chi connectivity index (χ3n) is 7.14. The van der Waals surface area contributed by atoms with E-state index < -0.39 is 0 Å². The number of nitrogens with one attached hydrogen (secondary N) is 3. The van der Waals surface area contributed by atoms with Crippen LogP contribution in [0.3, 0.4) is 0 Å². The highest BCUT2D eigenvalue weighted by Crippen LogP contribution is 2.35. The van der Waals surface area contributed by atoms with Gasteiger partial charge in [0, 0.05) is 52.1 Å². The minimum absolute atomic E-state index is 0.0682. The number of carbonyl (C=O) groups is 1. The molecule has 3 heterocycles. The molecule has 4 aromatic rings. The molecule has 1 saturated heterocycles. The molecule has 0 spiro atoms. The molecule has 13 heteroatoms. The van der Waals surface area contributed by atoms with Gasteiger partial charge in [0.05, 0.1) is 25.7 Å². The van der Waals surface area contributed by atoms with Gasteiger partial charge in [0.25, 0.3) is 0 Å². The molecule has 11 nitrogen and oxygen atoms in total. The van der Waals surface area contributed by atoms with Gasteiger partial charge in [-0.15, -0.1) is 0 Å². The third-order valence-corrected chi connectivity index (χ3v) is 7.57. The van der Waals surface area contributed by atoms with E-state index >= 15 is 0 Å². The van der Waals surface area contributed by atoms with Crippen LogP contribution in [0.15, 0.2) is 42.7 Å². The molecule has 42 heavy (non-hydrogen) atoms. The first-order chi connectivity index (χ1) is 20.4. The second-order valence-electron chi connectivity index (χ2n) is 10.2. The lowest BCUT2D eigenvalue weighted by Gasteiger charge is -2.30. The zero-order valence-electron chi connectivity index (χ0n) is 23.2. The summed E-state index contributed by atoms with van der Waals surface area (Å²) in [6, 6.07) is 10.3. The van der Waals surface area contributed by atoms with E-state index in [2.05, 4.69) is 35.7 Å². The number of amides is 1. The number of carbonyl (C=O) groups excluding carboxylic acids is 1. The van der Waals surface area contributed by atoms with Crippen LogP contribution in [0.25, 0.3) is 10.9 Å². The Balaban J connectivity index is 1.19. The quantitative estimate of drug-likeness (QED) is 0.161. The first-order valence-corrected chi connectivity index (χ1v) is 14.5. The number of hydrogen-bond acceptors (Lipinski definition) is 9. The molecule has 0 bridgehead atoms. The molecule has 2 aromatic heterocycles. The standard InChI is InChI=1S/C29H33Cl2N7O4/c1-41-25-14-23-24(15-26(25)42-8-2-5-38-6-3-18(16-39)4-7-38)32-17-33-29(23)35-27-12-22(36-37-27)13-28(40)34-21-10-19(30)9-20(31)11-21/h9-12,14-15,17-18,39H,2-8,13,16H2,1H3,(H,34,40)(H2,32,33,35,36,37). The smallest absolute Gasteiger partial charge is 0.230 e. The number of halogens is 2. The Morgan fingerprint density at radius 3 is 2.62 bits per heavy atom. The van der Waals surface area contributed by atoms with E-state index in [1.165, 1.54) is 6.33 Å². The molecule has 1 aliphatic heterocycles. The van der Waals surface area contributed by atoms with Crippen LogP contribution in [0.5, 0.6) is 11.5 Å². The van der Waals surface area contributed by atoms with Gasteiger partial charge in [0.15, 0.2) is 17.3 Å². The van der Waals surface area contributed by atoms with Gasteiger partial charge in [0.1, 0.15) is 12.1 Å². The van der Waals surface area contributed by atoms with Crippen LogP contribution in [0, 0.1) is 5.92 Å². The van der Waals surface area contributed by atoms with Crippen molar-refractivity contribution in [1.29, 1.82) is 0 Å². The van der Waals surface area contributed by atoms with Crippen LogP contribution in [0.4, 0.5) is 17.3 Å². The number of aliphatic hydroxyl groups is 1. The Labute approximate surface area is 253 Å². The number of aromatic amines is 1. The average Bonchev–Trinajstić information content (AvgIpc) is 3.41. The maximum atomic E-state index is 12.5. The number of piperidine rings is 1. The van der Waals surface area contributed by atoms with Crippen molar-refractivity contribution in [2.24, 2.45) is 5.92 Å². The van der Waals surface area contributed by atoms with E-state index in [0.717, 1.165) is 44.3 Å². The van der Waals surface area contributed by atoms with Crippen LogP contribution >= 0.6 is 23.2 Å². The van der Waals surface area contributed by atoms with E-state index in [4.69, 9.17) is 32.7 Å². The summed E-state index contributed by atoms with van der Waals surface area (Å²) in [5, 5.41) is 24.0. The summed E-state index contributed by atoms with van der Waals surface area (Å²) in [5.41, 5.74) is 1.80. The minimum atomic E-state index is -0.250. The zero-order valence-corrected chi connectivity index (χ0v) is 24.7. The van der Waals surface area contributed by atoms with Gasteiger partial charge in [0.2, 0.25) is 5.91 Å². The van der Waals surface area contributed by atoms with E-state index in [0.29, 0.717) is 62.6 Å². The monoisotopic (exact) mass is 613 g/mol. The first-order valence-electron chi connectivity index (χ1n) is 13.8. The molecule has 1 amide bonds. The van der Waals surface area contributed by atoms with Crippen LogP contribution in [0.2, 0.25) is 10.0 Å². The van der Waals surface area contributed by atoms with Crippen molar-refractivity contribution in [3.63, 3.8) is 0 Å². The minimum Gasteiger partial charge on any atom is -0.493 e. The highest BCUT2D eigenvalue weighted by Gasteiger charge is 2.18. The summed E-state index contributed by atoms with van der Waals surface area (Å²) in [6.45, 7) is 3.81. The fourth-order valence-corrected chi connectivity index (χ4v) is 5.47. The van der Waals surface area contributed by atoms with E-state index in [9.17, 15) is 9.90 Å². The fourth-order valence-electron chi connectivity index (χ4n) is 4.94. The van der Waals surface area contributed by atoms with Crippen LogP contribution in [0.1, 0.15) is 25.0 Å². The highest BCUT2D eigenvalue weighted by atomic mass is 35.5. The largest absolute Gasteiger partial charge is 0.493 e. The lowest BCUT2D eigenvalue weighted by atomic mass is 9.98. The number of aromatic nitrogens is 4. The van der Waals surface area contributed by atoms with Crippen LogP contribution in [-0.4, -0.2) is 76.0 Å². The van der Waals surface area contributed by atoms with Crippen molar-refractivity contribution in [2.45, 2.75) is 25.7 Å². The van der Waals surface area contributed by atoms with Crippen LogP contribution in [-0.2, 0) is 11.2 Å². The number of benzene rings is 2. The molecule has 0 saturated carbocycles. The Kier molecular flexibility index (Phi) is 9.96. The van der Waals surface area contributed by atoms with E-state index in [-0.39, 0.29) is 18.9 Å². The topological polar surface area (TPSA) is 138 Å². The van der Waals surface area contributed by atoms with Crippen molar-refractivity contribution in [1.82, 2.24) is 25.1 Å². The maximum absolute atomic E-state index is 12.5. The Morgan fingerprint density at radius 1 is 1.10 bits per heavy atom. The van der Waals surface area contributed by atoms with Crippen molar-refractivity contribution in [2.75, 3.05) is 50.6 Å². The number of hydrogen-bond donors (Lipinski definition) is 4. The normalized spacial score (nSPS) is 14.2. The van der Waals surface area contributed by atoms with Crippen molar-refractivity contribution >= 4 is 57.3 Å². The molecule has 1 fully saturated rings. The van der Waals surface area contributed by atoms with Crippen molar-refractivity contribution < 1.29 is 19.4 Å². The van der Waals surface area contributed by atoms with Gasteiger partial charge in [-0.3, -0.25) is 9.89 Å². The number of ether oxygens (including phenoxy) is 2. The van der Waals surface area contributed by atoms with Gasteiger partial charge < -0.3 is 30.1 Å². The molecule has 222 valence electrons. The molecule has 2 aromatic carbocycles. The number of anilines is 3. The predicted molar refractivity (Wildman–Crippen MR) is 163 cm³/mol. The van der Waals surface area contributed by atoms with Gasteiger partial charge in [-0.1, -0.05) is 23.2 Å². The molecule has 0 aliphatic carbocycles. The second kappa shape index (κ2) is 14.0. The molecule has 0 unspecified atom stereocenters. The predicted octanol–water partition coefficient (Wildman–Crippen LogP) is 5.07. The Hall–Kier alpha value is -3.64. The van der Waals surface area contributed by atoms with Crippen molar-refractivity contribution in [3.05, 3.63) is 58.5 Å². The summed E-state index contributed by atoms with van der Waals surface area (Å²) in [6.07, 6.45) is 4.50. The van der Waals surface area contributed by atoms with E-state index in [1.807, 2.05) is 12.1 Å². The molecule has 0 atom stereocenters. The lowest BCUT2D eigenvalue weighted by Crippen LogP contribution is -2.35. The maximum Gasteiger partial charge on any atom is 0.230 e. The van der Waals surface area contributed by atoms with Crippen LogP contribution < -0.4 is 20.1 Å². The SMILES string of the molecule is COc1cc2c(Nc3cc(CC(=O)Nc4cc(Cl)cc(Cl)c4)[nH]n3)ncnc2cc1OCCCN1CCC(CO)CC1. The zero-order chi connectivity index (χ0) is 29.5. The van der Waals surface area contributed by atoms with Gasteiger partial charge in [-0.25, -0.2) is 9.97 Å². The Bertz CT molecular complexity index is 1510.